The molecular weight excluding hydrogens is 487 g/mol. The number of nitrogens with zero attached hydrogens (tertiary/aromatic N) is 6. The van der Waals surface area contributed by atoms with Crippen molar-refractivity contribution in [3.63, 3.8) is 0 Å². The molecule has 0 unspecified atom stereocenters. The highest BCUT2D eigenvalue weighted by atomic mass is 19.4. The van der Waals surface area contributed by atoms with Crippen molar-refractivity contribution < 1.29 is 22.7 Å². The van der Waals surface area contributed by atoms with Gasteiger partial charge in [-0.05, 0) is 57.6 Å². The number of amides is 1. The Bertz CT molecular complexity index is 1300. The average Bonchev–Trinajstić information content (AvgIpc) is 3.30. The van der Waals surface area contributed by atoms with Crippen molar-refractivity contribution in [2.24, 2.45) is 4.99 Å². The molecule has 1 aliphatic rings. The summed E-state index contributed by atoms with van der Waals surface area (Å²) in [6, 6.07) is 1.58. The van der Waals surface area contributed by atoms with Crippen molar-refractivity contribution in [2.75, 3.05) is 25.5 Å². The number of alkyl halides is 3. The summed E-state index contributed by atoms with van der Waals surface area (Å²) in [7, 11) is 2.05. The van der Waals surface area contributed by atoms with Crippen molar-refractivity contribution in [1.82, 2.24) is 24.6 Å². The minimum Gasteiger partial charge on any atom is -0.474 e. The molecule has 0 bridgehead atoms. The van der Waals surface area contributed by atoms with Crippen LogP contribution in [0.25, 0.3) is 5.69 Å². The molecule has 3 aromatic rings. The zero-order chi connectivity index (χ0) is 26.7. The van der Waals surface area contributed by atoms with Gasteiger partial charge in [0.25, 0.3) is 5.91 Å². The number of nitrogens with one attached hydrogen (secondary N) is 1. The summed E-state index contributed by atoms with van der Waals surface area (Å²) in [5.41, 5.74) is 0.370. The van der Waals surface area contributed by atoms with Gasteiger partial charge in [-0.1, -0.05) is 0 Å². The van der Waals surface area contributed by atoms with Gasteiger partial charge in [0.15, 0.2) is 5.69 Å². The molecule has 1 saturated heterocycles. The maximum Gasteiger partial charge on any atom is 0.434 e. The maximum atomic E-state index is 14.1. The van der Waals surface area contributed by atoms with Crippen LogP contribution in [0.4, 0.5) is 18.9 Å². The van der Waals surface area contributed by atoms with Crippen molar-refractivity contribution in [3.05, 3.63) is 58.8 Å². The summed E-state index contributed by atoms with van der Waals surface area (Å²) in [6.45, 7) is 8.89. The van der Waals surface area contributed by atoms with Crippen LogP contribution in [0.3, 0.4) is 0 Å². The normalized spacial score (nSPS) is 15.0. The number of halogens is 3. The van der Waals surface area contributed by atoms with Crippen LogP contribution in [-0.2, 0) is 12.7 Å². The predicted molar refractivity (Wildman–Crippen MR) is 132 cm³/mol. The Morgan fingerprint density at radius 1 is 1.22 bits per heavy atom. The van der Waals surface area contributed by atoms with Gasteiger partial charge in [-0.25, -0.2) is 9.67 Å². The molecule has 1 aliphatic heterocycles. The standard InChI is InChI=1S/C25H28F3N7O2/c1-15-10-30-14-21(16(15)2)35-22(25(26,27)28)20(13-32-35)23(36)33-18-9-17(11-29-3)24(31-12-18)37-19-5-7-34(4)8-6-19/h9-10,12-14,19H,3,5-8,11H2,1-2,4H3,(H,33,36). The molecule has 0 aromatic carbocycles. The lowest BCUT2D eigenvalue weighted by molar-refractivity contribution is -0.143. The van der Waals surface area contributed by atoms with Crippen molar-refractivity contribution in [2.45, 2.75) is 45.5 Å². The second kappa shape index (κ2) is 10.7. The van der Waals surface area contributed by atoms with E-state index in [0.717, 1.165) is 32.1 Å². The van der Waals surface area contributed by atoms with Crippen LogP contribution in [-0.4, -0.2) is 63.5 Å². The molecule has 12 heteroatoms. The molecule has 0 spiro atoms. The van der Waals surface area contributed by atoms with Gasteiger partial charge < -0.3 is 15.0 Å². The van der Waals surface area contributed by atoms with Gasteiger partial charge in [0, 0.05) is 24.8 Å². The average molecular weight is 516 g/mol. The summed E-state index contributed by atoms with van der Waals surface area (Å²) in [4.78, 5) is 27.4. The number of carbonyl (C=O) groups is 1. The van der Waals surface area contributed by atoms with E-state index in [2.05, 4.69) is 37.0 Å². The summed E-state index contributed by atoms with van der Waals surface area (Å²) >= 11 is 0. The first-order valence-electron chi connectivity index (χ1n) is 11.7. The van der Waals surface area contributed by atoms with Gasteiger partial charge in [0.1, 0.15) is 6.10 Å². The summed E-state index contributed by atoms with van der Waals surface area (Å²) in [5, 5.41) is 6.38. The summed E-state index contributed by atoms with van der Waals surface area (Å²) < 4.78 is 49.1. The number of hydrogen-bond donors (Lipinski definition) is 1. The van der Waals surface area contributed by atoms with Crippen LogP contribution in [0.15, 0.2) is 35.8 Å². The van der Waals surface area contributed by atoms with Crippen LogP contribution >= 0.6 is 0 Å². The largest absolute Gasteiger partial charge is 0.474 e. The number of aryl methyl sites for hydroxylation is 1. The Kier molecular flexibility index (Phi) is 7.58. The monoisotopic (exact) mass is 515 g/mol. The molecule has 3 aromatic heterocycles. The Morgan fingerprint density at radius 3 is 2.62 bits per heavy atom. The lowest BCUT2D eigenvalue weighted by atomic mass is 10.1. The van der Waals surface area contributed by atoms with Crippen LogP contribution in [0.2, 0.25) is 0 Å². The van der Waals surface area contributed by atoms with E-state index in [1.54, 1.807) is 26.1 Å². The third-order valence-electron chi connectivity index (χ3n) is 6.36. The van der Waals surface area contributed by atoms with E-state index in [1.165, 1.54) is 12.4 Å². The lowest BCUT2D eigenvalue weighted by Crippen LogP contribution is -2.36. The number of piperidine rings is 1. The van der Waals surface area contributed by atoms with Crippen LogP contribution in [0, 0.1) is 13.8 Å². The molecule has 0 saturated carbocycles. The van der Waals surface area contributed by atoms with Gasteiger partial charge in [0.05, 0.1) is 42.1 Å². The van der Waals surface area contributed by atoms with E-state index >= 15 is 0 Å². The second-order valence-corrected chi connectivity index (χ2v) is 9.06. The Balaban J connectivity index is 1.61. The highest BCUT2D eigenvalue weighted by Gasteiger charge is 2.41. The number of hydrogen-bond acceptors (Lipinski definition) is 7. The van der Waals surface area contributed by atoms with E-state index < -0.39 is 23.3 Å². The zero-order valence-electron chi connectivity index (χ0n) is 20.8. The third-order valence-corrected chi connectivity index (χ3v) is 6.36. The molecule has 37 heavy (non-hydrogen) atoms. The molecule has 0 atom stereocenters. The fraction of sp³-hybridized carbons (Fsp3) is 0.400. The molecule has 196 valence electrons. The Labute approximate surface area is 212 Å². The first-order chi connectivity index (χ1) is 17.6. The summed E-state index contributed by atoms with van der Waals surface area (Å²) in [5.74, 6) is -0.605. The molecule has 1 amide bonds. The lowest BCUT2D eigenvalue weighted by Gasteiger charge is -2.29. The number of pyridine rings is 2. The number of aromatic nitrogens is 4. The van der Waals surface area contributed by atoms with E-state index in [4.69, 9.17) is 4.74 Å². The predicted octanol–water partition coefficient (Wildman–Crippen LogP) is 4.22. The van der Waals surface area contributed by atoms with Crippen LogP contribution in [0.1, 0.15) is 45.6 Å². The van der Waals surface area contributed by atoms with Gasteiger partial charge in [-0.15, -0.1) is 0 Å². The quantitative estimate of drug-likeness (QED) is 0.473. The number of likely N-dealkylation sites (tertiary alicyclic amines) is 1. The number of aliphatic imine (C=N–C) groups is 1. The van der Waals surface area contributed by atoms with E-state index in [9.17, 15) is 18.0 Å². The van der Waals surface area contributed by atoms with E-state index in [-0.39, 0.29) is 24.0 Å². The van der Waals surface area contributed by atoms with Gasteiger partial charge in [-0.2, -0.15) is 18.3 Å². The van der Waals surface area contributed by atoms with Gasteiger partial charge in [-0.3, -0.25) is 14.8 Å². The Morgan fingerprint density at radius 2 is 1.95 bits per heavy atom. The SMILES string of the molecule is C=NCc1cc(NC(=O)c2cnn(-c3cncc(C)c3C)c2C(F)(F)F)cnc1OC1CCN(C)CC1. The fourth-order valence-electron chi connectivity index (χ4n) is 4.16. The minimum atomic E-state index is -4.85. The minimum absolute atomic E-state index is 0.00698. The highest BCUT2D eigenvalue weighted by Crippen LogP contribution is 2.35. The molecule has 0 aliphatic carbocycles. The van der Waals surface area contributed by atoms with Crippen molar-refractivity contribution in [1.29, 1.82) is 0 Å². The van der Waals surface area contributed by atoms with Gasteiger partial charge >= 0.3 is 6.18 Å². The second-order valence-electron chi connectivity index (χ2n) is 9.06. The third kappa shape index (κ3) is 5.79. The molecule has 0 radical (unpaired) electrons. The molecule has 9 nitrogen and oxygen atoms in total. The van der Waals surface area contributed by atoms with Crippen molar-refractivity contribution in [3.8, 4) is 11.6 Å². The highest BCUT2D eigenvalue weighted by molar-refractivity contribution is 6.05. The van der Waals surface area contributed by atoms with Crippen molar-refractivity contribution >= 4 is 18.3 Å². The van der Waals surface area contributed by atoms with Gasteiger partial charge in [0.2, 0.25) is 5.88 Å². The number of rotatable bonds is 7. The molecule has 1 fully saturated rings. The zero-order valence-corrected chi connectivity index (χ0v) is 20.8. The first-order valence-corrected chi connectivity index (χ1v) is 11.7. The van der Waals surface area contributed by atoms with Crippen LogP contribution in [0.5, 0.6) is 5.88 Å². The number of ether oxygens (including phenoxy) is 1. The Hall–Kier alpha value is -3.80. The van der Waals surface area contributed by atoms with Crippen LogP contribution < -0.4 is 10.1 Å². The molecule has 4 rings (SSSR count). The smallest absolute Gasteiger partial charge is 0.434 e. The van der Waals surface area contributed by atoms with E-state index in [1.807, 2.05) is 7.05 Å². The number of anilines is 1. The maximum absolute atomic E-state index is 14.1. The molecule has 4 heterocycles. The molecule has 1 N–H and O–H groups in total. The summed E-state index contributed by atoms with van der Waals surface area (Å²) in [6.07, 6.45) is 1.92. The first kappa shape index (κ1) is 26.3. The number of carbonyl (C=O) groups excluding carboxylic acids is 1. The fourth-order valence-corrected chi connectivity index (χ4v) is 4.16. The topological polar surface area (TPSA) is 97.5 Å². The molecular formula is C25H28F3N7O2. The van der Waals surface area contributed by atoms with E-state index in [0.29, 0.717) is 27.3 Å².